The number of carbonyl (C=O) groups excluding carboxylic acids is 1. The quantitative estimate of drug-likeness (QED) is 0.837. The van der Waals surface area contributed by atoms with E-state index in [0.29, 0.717) is 12.6 Å². The molecule has 5 nitrogen and oxygen atoms in total. The standard InChI is InChI=1S/C23H35N3O2/c1-18(2)16-26-17-24-21(27)22(26)12-14-25(15-13-22)20-10-6-7-11-23(20,28)19-8-4-3-5-9-19/h3-5,8-9,18,20,28H,6-7,10-17H2,1-2H3,(H,24,27)/t20-,23+/m1/s1. The van der Waals surface area contributed by atoms with Crippen LogP contribution in [-0.4, -0.2) is 58.7 Å². The number of piperidine rings is 1. The van der Waals surface area contributed by atoms with Gasteiger partial charge in [-0.2, -0.15) is 0 Å². The zero-order valence-electron chi connectivity index (χ0n) is 17.4. The van der Waals surface area contributed by atoms with Gasteiger partial charge in [-0.05, 0) is 37.2 Å². The van der Waals surface area contributed by atoms with Crippen molar-refractivity contribution in [1.82, 2.24) is 15.1 Å². The van der Waals surface area contributed by atoms with E-state index in [9.17, 15) is 9.90 Å². The Labute approximate surface area is 169 Å². The number of carbonyl (C=O) groups is 1. The third-order valence-electron chi connectivity index (χ3n) is 7.22. The molecular formula is C23H35N3O2. The van der Waals surface area contributed by atoms with Crippen LogP contribution in [0.2, 0.25) is 0 Å². The molecule has 0 radical (unpaired) electrons. The molecule has 1 aromatic carbocycles. The van der Waals surface area contributed by atoms with Gasteiger partial charge in [0, 0.05) is 25.7 Å². The lowest BCUT2D eigenvalue weighted by molar-refractivity contribution is -0.132. The molecule has 0 unspecified atom stereocenters. The van der Waals surface area contributed by atoms with E-state index < -0.39 is 5.60 Å². The van der Waals surface area contributed by atoms with Gasteiger partial charge in [-0.15, -0.1) is 0 Å². The van der Waals surface area contributed by atoms with Gasteiger partial charge in [0.25, 0.3) is 0 Å². The number of rotatable bonds is 4. The first-order chi connectivity index (χ1) is 13.5. The molecule has 2 N–H and O–H groups in total. The Bertz CT molecular complexity index is 684. The first-order valence-electron chi connectivity index (χ1n) is 11.0. The normalized spacial score (nSPS) is 31.4. The maximum atomic E-state index is 12.8. The van der Waals surface area contributed by atoms with Gasteiger partial charge in [-0.25, -0.2) is 0 Å². The lowest BCUT2D eigenvalue weighted by atomic mass is 9.73. The predicted molar refractivity (Wildman–Crippen MR) is 111 cm³/mol. The monoisotopic (exact) mass is 385 g/mol. The fourth-order valence-corrected chi connectivity index (χ4v) is 5.74. The average Bonchev–Trinajstić information content (AvgIpc) is 2.99. The molecule has 0 bridgehead atoms. The summed E-state index contributed by atoms with van der Waals surface area (Å²) in [4.78, 5) is 17.6. The molecule has 5 heteroatoms. The number of likely N-dealkylation sites (tertiary alicyclic amines) is 1. The molecular weight excluding hydrogens is 350 g/mol. The minimum atomic E-state index is -0.778. The smallest absolute Gasteiger partial charge is 0.241 e. The fourth-order valence-electron chi connectivity index (χ4n) is 5.74. The molecule has 154 valence electrons. The second kappa shape index (κ2) is 7.77. The van der Waals surface area contributed by atoms with E-state index >= 15 is 0 Å². The molecule has 2 atom stereocenters. The van der Waals surface area contributed by atoms with Crippen LogP contribution in [0.5, 0.6) is 0 Å². The van der Waals surface area contributed by atoms with Crippen LogP contribution in [0.4, 0.5) is 0 Å². The Hall–Kier alpha value is -1.43. The number of nitrogens with one attached hydrogen (secondary N) is 1. The van der Waals surface area contributed by atoms with Gasteiger partial charge in [-0.3, -0.25) is 14.6 Å². The van der Waals surface area contributed by atoms with Crippen LogP contribution < -0.4 is 5.32 Å². The first-order valence-corrected chi connectivity index (χ1v) is 11.0. The lowest BCUT2D eigenvalue weighted by Gasteiger charge is -2.51. The van der Waals surface area contributed by atoms with Gasteiger partial charge in [-0.1, -0.05) is 57.0 Å². The Morgan fingerprint density at radius 2 is 1.86 bits per heavy atom. The highest BCUT2D eigenvalue weighted by molar-refractivity contribution is 5.88. The van der Waals surface area contributed by atoms with Gasteiger partial charge in [0.2, 0.25) is 5.91 Å². The highest BCUT2D eigenvalue weighted by Gasteiger charge is 2.52. The van der Waals surface area contributed by atoms with Crippen molar-refractivity contribution >= 4 is 5.91 Å². The molecule has 1 aromatic rings. The minimum absolute atomic E-state index is 0.143. The molecule has 2 heterocycles. The zero-order chi connectivity index (χ0) is 19.8. The molecule has 0 aromatic heterocycles. The average molecular weight is 386 g/mol. The number of aliphatic hydroxyl groups is 1. The van der Waals surface area contributed by atoms with Crippen molar-refractivity contribution < 1.29 is 9.90 Å². The van der Waals surface area contributed by atoms with E-state index in [4.69, 9.17) is 0 Å². The summed E-state index contributed by atoms with van der Waals surface area (Å²) in [5.74, 6) is 0.749. The van der Waals surface area contributed by atoms with Crippen LogP contribution in [-0.2, 0) is 10.4 Å². The molecule has 4 rings (SSSR count). The number of nitrogens with zero attached hydrogens (tertiary/aromatic N) is 2. The third-order valence-corrected chi connectivity index (χ3v) is 7.22. The third kappa shape index (κ3) is 3.38. The van der Waals surface area contributed by atoms with Crippen molar-refractivity contribution in [2.45, 2.75) is 69.6 Å². The maximum Gasteiger partial charge on any atom is 0.241 e. The highest BCUT2D eigenvalue weighted by Crippen LogP contribution is 2.42. The Morgan fingerprint density at radius 1 is 1.14 bits per heavy atom. The van der Waals surface area contributed by atoms with Crippen molar-refractivity contribution in [3.05, 3.63) is 35.9 Å². The highest BCUT2D eigenvalue weighted by atomic mass is 16.3. The Kier molecular flexibility index (Phi) is 5.51. The number of benzene rings is 1. The molecule has 1 aliphatic carbocycles. The molecule has 2 aliphatic heterocycles. The van der Waals surface area contributed by atoms with Crippen LogP contribution >= 0.6 is 0 Å². The van der Waals surface area contributed by atoms with Crippen molar-refractivity contribution in [3.63, 3.8) is 0 Å². The van der Waals surface area contributed by atoms with Crippen molar-refractivity contribution in [3.8, 4) is 0 Å². The van der Waals surface area contributed by atoms with E-state index in [1.54, 1.807) is 0 Å². The molecule has 28 heavy (non-hydrogen) atoms. The van der Waals surface area contributed by atoms with Gasteiger partial charge in [0.15, 0.2) is 0 Å². The SMILES string of the molecule is CC(C)CN1CNC(=O)C12CCN([C@@H]1CCCC[C@]1(O)c1ccccc1)CC2. The van der Waals surface area contributed by atoms with E-state index in [1.807, 2.05) is 18.2 Å². The Balaban J connectivity index is 1.51. The molecule has 1 spiro atoms. The lowest BCUT2D eigenvalue weighted by Crippen LogP contribution is -2.61. The minimum Gasteiger partial charge on any atom is -0.384 e. The predicted octanol–water partition coefficient (Wildman–Crippen LogP) is 2.70. The molecule has 3 aliphatic rings. The van der Waals surface area contributed by atoms with Crippen molar-refractivity contribution in [2.24, 2.45) is 5.92 Å². The molecule has 3 fully saturated rings. The summed E-state index contributed by atoms with van der Waals surface area (Å²) in [6.45, 7) is 7.81. The van der Waals surface area contributed by atoms with E-state index in [2.05, 4.69) is 41.1 Å². The molecule has 1 amide bonds. The van der Waals surface area contributed by atoms with Crippen LogP contribution in [0.1, 0.15) is 57.9 Å². The second-order valence-electron chi connectivity index (χ2n) is 9.40. The number of amides is 1. The summed E-state index contributed by atoms with van der Waals surface area (Å²) >= 11 is 0. The fraction of sp³-hybridized carbons (Fsp3) is 0.696. The van der Waals surface area contributed by atoms with Crippen LogP contribution in [0.25, 0.3) is 0 Å². The first kappa shape index (κ1) is 19.9. The summed E-state index contributed by atoms with van der Waals surface area (Å²) in [7, 11) is 0. The summed E-state index contributed by atoms with van der Waals surface area (Å²) in [5, 5.41) is 14.8. The van der Waals surface area contributed by atoms with E-state index in [-0.39, 0.29) is 17.5 Å². The van der Waals surface area contributed by atoms with Gasteiger partial charge < -0.3 is 10.4 Å². The van der Waals surface area contributed by atoms with E-state index in [1.165, 1.54) is 6.42 Å². The number of hydrogen-bond donors (Lipinski definition) is 2. The maximum absolute atomic E-state index is 12.8. The molecule has 2 saturated heterocycles. The van der Waals surface area contributed by atoms with Gasteiger partial charge in [0.05, 0.1) is 6.67 Å². The number of hydrogen-bond acceptors (Lipinski definition) is 4. The summed E-state index contributed by atoms with van der Waals surface area (Å²) in [6, 6.07) is 10.3. The topological polar surface area (TPSA) is 55.8 Å². The summed E-state index contributed by atoms with van der Waals surface area (Å²) < 4.78 is 0. The molecule has 1 saturated carbocycles. The van der Waals surface area contributed by atoms with Crippen LogP contribution in [0.3, 0.4) is 0 Å². The van der Waals surface area contributed by atoms with Crippen LogP contribution in [0, 0.1) is 5.92 Å². The van der Waals surface area contributed by atoms with E-state index in [0.717, 1.165) is 57.3 Å². The zero-order valence-corrected chi connectivity index (χ0v) is 17.4. The van der Waals surface area contributed by atoms with Crippen molar-refractivity contribution in [2.75, 3.05) is 26.3 Å². The van der Waals surface area contributed by atoms with Crippen molar-refractivity contribution in [1.29, 1.82) is 0 Å². The Morgan fingerprint density at radius 3 is 2.54 bits per heavy atom. The van der Waals surface area contributed by atoms with Gasteiger partial charge >= 0.3 is 0 Å². The summed E-state index contributed by atoms with van der Waals surface area (Å²) in [6.07, 6.45) is 5.80. The van der Waals surface area contributed by atoms with Gasteiger partial charge in [0.1, 0.15) is 11.1 Å². The largest absolute Gasteiger partial charge is 0.384 e. The summed E-state index contributed by atoms with van der Waals surface area (Å²) in [5.41, 5.74) is -0.0834. The second-order valence-corrected chi connectivity index (χ2v) is 9.40. The van der Waals surface area contributed by atoms with Crippen LogP contribution in [0.15, 0.2) is 30.3 Å².